The van der Waals surface area contributed by atoms with E-state index in [4.69, 9.17) is 5.26 Å². The fourth-order valence-corrected chi connectivity index (χ4v) is 2.32. The molecule has 2 atom stereocenters. The summed E-state index contributed by atoms with van der Waals surface area (Å²) in [6.45, 7) is 11.0. The summed E-state index contributed by atoms with van der Waals surface area (Å²) in [6, 6.07) is 3.21. The second-order valence-corrected chi connectivity index (χ2v) is 5.27. The molecule has 1 N–H and O–H groups in total. The van der Waals surface area contributed by atoms with Crippen LogP contribution in [0.2, 0.25) is 0 Å². The molecule has 1 rings (SSSR count). The molecule has 0 aliphatic carbocycles. The van der Waals surface area contributed by atoms with Gasteiger partial charge in [0.15, 0.2) is 0 Å². The molecule has 1 aliphatic rings. The van der Waals surface area contributed by atoms with Gasteiger partial charge in [0.2, 0.25) is 0 Å². The molecule has 1 aliphatic heterocycles. The predicted octanol–water partition coefficient (Wildman–Crippen LogP) is 1.75. The van der Waals surface area contributed by atoms with E-state index in [1.165, 1.54) is 6.42 Å². The molecule has 0 saturated carbocycles. The summed E-state index contributed by atoms with van der Waals surface area (Å²) in [5.74, 6) is 0. The Labute approximate surface area is 93.5 Å². The third kappa shape index (κ3) is 3.48. The maximum Gasteiger partial charge on any atom is 0.0638 e. The fraction of sp³-hybridized carbons (Fsp3) is 0.917. The van der Waals surface area contributed by atoms with Gasteiger partial charge < -0.3 is 5.32 Å². The molecule has 3 nitrogen and oxygen atoms in total. The first kappa shape index (κ1) is 12.5. The van der Waals surface area contributed by atoms with Crippen molar-refractivity contribution in [3.05, 3.63) is 0 Å². The molecule has 3 heteroatoms. The number of hydrogen-bond acceptors (Lipinski definition) is 3. The Balaban J connectivity index is 2.64. The molecule has 1 saturated heterocycles. The van der Waals surface area contributed by atoms with E-state index in [-0.39, 0.29) is 5.54 Å². The minimum absolute atomic E-state index is 0.128. The van der Waals surface area contributed by atoms with Crippen molar-refractivity contribution in [3.8, 4) is 6.07 Å². The van der Waals surface area contributed by atoms with Gasteiger partial charge in [0, 0.05) is 30.7 Å². The van der Waals surface area contributed by atoms with Crippen molar-refractivity contribution in [2.75, 3.05) is 13.1 Å². The highest BCUT2D eigenvalue weighted by Crippen LogP contribution is 2.18. The predicted molar refractivity (Wildman–Crippen MR) is 62.6 cm³/mol. The minimum Gasteiger partial charge on any atom is -0.305 e. The van der Waals surface area contributed by atoms with Crippen molar-refractivity contribution < 1.29 is 0 Å². The molecule has 2 unspecified atom stereocenters. The quantitative estimate of drug-likeness (QED) is 0.769. The third-order valence-corrected chi connectivity index (χ3v) is 3.20. The maximum absolute atomic E-state index is 8.76. The zero-order valence-corrected chi connectivity index (χ0v) is 10.4. The first-order valence-electron chi connectivity index (χ1n) is 5.87. The fourth-order valence-electron chi connectivity index (χ4n) is 2.32. The first-order chi connectivity index (χ1) is 6.98. The molecule has 0 aromatic rings. The summed E-state index contributed by atoms with van der Waals surface area (Å²) in [5, 5.41) is 12.3. The van der Waals surface area contributed by atoms with Gasteiger partial charge in [-0.1, -0.05) is 6.92 Å². The molecule has 86 valence electrons. The molecule has 15 heavy (non-hydrogen) atoms. The molecule has 0 amide bonds. The summed E-state index contributed by atoms with van der Waals surface area (Å²) in [6.07, 6.45) is 1.78. The van der Waals surface area contributed by atoms with Gasteiger partial charge in [-0.05, 0) is 27.2 Å². The van der Waals surface area contributed by atoms with E-state index in [1.54, 1.807) is 0 Å². The monoisotopic (exact) mass is 209 g/mol. The van der Waals surface area contributed by atoms with Crippen LogP contribution in [0.1, 0.15) is 40.5 Å². The van der Waals surface area contributed by atoms with Crippen LogP contribution in [0.25, 0.3) is 0 Å². The summed E-state index contributed by atoms with van der Waals surface area (Å²) in [7, 11) is 0. The lowest BCUT2D eigenvalue weighted by Gasteiger charge is -2.45. The van der Waals surface area contributed by atoms with Crippen LogP contribution in [0, 0.1) is 11.3 Å². The van der Waals surface area contributed by atoms with Crippen LogP contribution in [-0.4, -0.2) is 35.6 Å². The molecule has 1 heterocycles. The van der Waals surface area contributed by atoms with Gasteiger partial charge in [-0.2, -0.15) is 5.26 Å². The van der Waals surface area contributed by atoms with E-state index in [0.29, 0.717) is 18.5 Å². The Hall–Kier alpha value is -0.590. The average Bonchev–Trinajstić information content (AvgIpc) is 2.14. The molecular formula is C12H23N3. The third-order valence-electron chi connectivity index (χ3n) is 3.20. The number of hydrogen-bond donors (Lipinski definition) is 1. The topological polar surface area (TPSA) is 39.1 Å². The van der Waals surface area contributed by atoms with Crippen LogP contribution < -0.4 is 5.32 Å². The number of nitrogens with zero attached hydrogens (tertiary/aromatic N) is 2. The molecule has 1 fully saturated rings. The summed E-state index contributed by atoms with van der Waals surface area (Å²) in [5.41, 5.74) is 0.128. The maximum atomic E-state index is 8.76. The highest BCUT2D eigenvalue weighted by atomic mass is 15.3. The Kier molecular flexibility index (Phi) is 4.12. The second kappa shape index (κ2) is 4.96. The largest absolute Gasteiger partial charge is 0.305 e. The van der Waals surface area contributed by atoms with Crippen molar-refractivity contribution in [1.29, 1.82) is 5.26 Å². The van der Waals surface area contributed by atoms with E-state index < -0.39 is 0 Å². The van der Waals surface area contributed by atoms with E-state index >= 15 is 0 Å². The molecule has 0 radical (unpaired) electrons. The van der Waals surface area contributed by atoms with Crippen LogP contribution in [0.15, 0.2) is 0 Å². The molecular weight excluding hydrogens is 186 g/mol. The molecule has 0 bridgehead atoms. The summed E-state index contributed by atoms with van der Waals surface area (Å²) < 4.78 is 0. The van der Waals surface area contributed by atoms with E-state index in [9.17, 15) is 0 Å². The lowest BCUT2D eigenvalue weighted by atomic mass is 9.95. The Morgan fingerprint density at radius 1 is 1.60 bits per heavy atom. The van der Waals surface area contributed by atoms with E-state index in [1.807, 2.05) is 0 Å². The Morgan fingerprint density at radius 3 is 2.80 bits per heavy atom. The zero-order chi connectivity index (χ0) is 11.5. The van der Waals surface area contributed by atoms with Crippen LogP contribution in [0.3, 0.4) is 0 Å². The second-order valence-electron chi connectivity index (χ2n) is 5.27. The van der Waals surface area contributed by atoms with Crippen LogP contribution >= 0.6 is 0 Å². The number of nitrogens with one attached hydrogen (secondary N) is 1. The van der Waals surface area contributed by atoms with Gasteiger partial charge in [0.05, 0.1) is 12.5 Å². The Bertz CT molecular complexity index is 242. The number of piperazine rings is 1. The van der Waals surface area contributed by atoms with Crippen molar-refractivity contribution in [3.63, 3.8) is 0 Å². The van der Waals surface area contributed by atoms with Gasteiger partial charge in [0.1, 0.15) is 0 Å². The number of nitriles is 1. The van der Waals surface area contributed by atoms with Crippen LogP contribution in [-0.2, 0) is 0 Å². The van der Waals surface area contributed by atoms with Gasteiger partial charge in [-0.15, -0.1) is 0 Å². The Morgan fingerprint density at radius 2 is 2.27 bits per heavy atom. The normalized spacial score (nSPS) is 28.3. The minimum atomic E-state index is 0.128. The lowest BCUT2D eigenvalue weighted by molar-refractivity contribution is 0.0842. The smallest absolute Gasteiger partial charge is 0.0638 e. The van der Waals surface area contributed by atoms with Gasteiger partial charge in [-0.25, -0.2) is 0 Å². The lowest BCUT2D eigenvalue weighted by Crippen LogP contribution is -2.63. The van der Waals surface area contributed by atoms with Gasteiger partial charge >= 0.3 is 0 Å². The van der Waals surface area contributed by atoms with Gasteiger partial charge in [-0.3, -0.25) is 4.90 Å². The van der Waals surface area contributed by atoms with Crippen LogP contribution in [0.4, 0.5) is 0 Å². The van der Waals surface area contributed by atoms with Crippen molar-refractivity contribution in [2.24, 2.45) is 0 Å². The standard InChI is InChI=1S/C12H23N3/c1-5-10(2)15-8-11(6-7-13)14-12(3,4)9-15/h10-11,14H,5-6,8-9H2,1-4H3. The van der Waals surface area contributed by atoms with Crippen LogP contribution in [0.5, 0.6) is 0 Å². The van der Waals surface area contributed by atoms with E-state index in [2.05, 4.69) is 44.0 Å². The van der Waals surface area contributed by atoms with Crippen molar-refractivity contribution in [2.45, 2.75) is 58.2 Å². The molecule has 0 aromatic heterocycles. The summed E-state index contributed by atoms with van der Waals surface area (Å²) in [4.78, 5) is 2.50. The number of rotatable bonds is 3. The van der Waals surface area contributed by atoms with Crippen molar-refractivity contribution >= 4 is 0 Å². The van der Waals surface area contributed by atoms with Crippen molar-refractivity contribution in [1.82, 2.24) is 10.2 Å². The molecule has 0 spiro atoms. The zero-order valence-electron chi connectivity index (χ0n) is 10.4. The molecule has 0 aromatic carbocycles. The van der Waals surface area contributed by atoms with E-state index in [0.717, 1.165) is 13.1 Å². The highest BCUT2D eigenvalue weighted by molar-refractivity contribution is 4.96. The highest BCUT2D eigenvalue weighted by Gasteiger charge is 2.33. The average molecular weight is 209 g/mol. The van der Waals surface area contributed by atoms with Gasteiger partial charge in [0.25, 0.3) is 0 Å². The summed E-state index contributed by atoms with van der Waals surface area (Å²) >= 11 is 0. The SMILES string of the molecule is CCC(C)N1CC(CC#N)NC(C)(C)C1. The first-order valence-corrected chi connectivity index (χ1v) is 5.87.